The van der Waals surface area contributed by atoms with Crippen molar-refractivity contribution in [2.75, 3.05) is 5.32 Å². The van der Waals surface area contributed by atoms with Crippen LogP contribution in [0.1, 0.15) is 15.9 Å². The van der Waals surface area contributed by atoms with Gasteiger partial charge in [-0.25, -0.2) is 4.79 Å². The molecule has 2 aromatic rings. The van der Waals surface area contributed by atoms with Gasteiger partial charge in [-0.3, -0.25) is 4.79 Å². The third kappa shape index (κ3) is 3.97. The predicted molar refractivity (Wildman–Crippen MR) is 76.6 cm³/mol. The first-order valence-electron chi connectivity index (χ1n) is 6.04. The molecular formula is C15H11ClNO4-. The highest BCUT2D eigenvalue weighted by Gasteiger charge is 2.12. The molecule has 0 bridgehead atoms. The summed E-state index contributed by atoms with van der Waals surface area (Å²) in [6.45, 7) is 0. The molecule has 0 aromatic heterocycles. The van der Waals surface area contributed by atoms with Crippen LogP contribution in [0.2, 0.25) is 5.02 Å². The largest absolute Gasteiger partial charge is 0.872 e. The molecule has 0 radical (unpaired) electrons. The van der Waals surface area contributed by atoms with E-state index >= 15 is 0 Å². The van der Waals surface area contributed by atoms with Gasteiger partial charge in [0, 0.05) is 5.02 Å². The van der Waals surface area contributed by atoms with Crippen molar-refractivity contribution in [3.63, 3.8) is 0 Å². The van der Waals surface area contributed by atoms with Gasteiger partial charge in [-0.2, -0.15) is 0 Å². The molecule has 0 aliphatic rings. The summed E-state index contributed by atoms with van der Waals surface area (Å²) in [4.78, 5) is 23.0. The molecule has 108 valence electrons. The maximum atomic E-state index is 11.9. The Hall–Kier alpha value is -2.53. The minimum Gasteiger partial charge on any atom is -0.872 e. The predicted octanol–water partition coefficient (Wildman–Crippen LogP) is 2.29. The number of carbonyl (C=O) groups is 2. The minimum atomic E-state index is -1.27. The van der Waals surface area contributed by atoms with E-state index < -0.39 is 11.7 Å². The number of carbonyl (C=O) groups excluding carboxylic acids is 1. The van der Waals surface area contributed by atoms with Crippen LogP contribution in [0.25, 0.3) is 0 Å². The van der Waals surface area contributed by atoms with Gasteiger partial charge < -0.3 is 15.5 Å². The summed E-state index contributed by atoms with van der Waals surface area (Å²) in [6, 6.07) is 10.2. The Labute approximate surface area is 125 Å². The van der Waals surface area contributed by atoms with Crippen molar-refractivity contribution in [2.24, 2.45) is 0 Å². The topological polar surface area (TPSA) is 89.5 Å². The van der Waals surface area contributed by atoms with E-state index in [0.717, 1.165) is 11.6 Å². The molecule has 0 saturated carbocycles. The van der Waals surface area contributed by atoms with E-state index in [1.54, 1.807) is 24.3 Å². The van der Waals surface area contributed by atoms with E-state index in [2.05, 4.69) is 5.32 Å². The summed E-state index contributed by atoms with van der Waals surface area (Å²) in [6.07, 6.45) is 0.0787. The number of anilines is 1. The molecule has 0 spiro atoms. The Morgan fingerprint density at radius 2 is 1.81 bits per heavy atom. The monoisotopic (exact) mass is 304 g/mol. The Balaban J connectivity index is 2.12. The second kappa shape index (κ2) is 6.28. The van der Waals surface area contributed by atoms with E-state index in [4.69, 9.17) is 16.7 Å². The highest BCUT2D eigenvalue weighted by atomic mass is 35.5. The van der Waals surface area contributed by atoms with Crippen molar-refractivity contribution in [1.82, 2.24) is 0 Å². The van der Waals surface area contributed by atoms with Crippen molar-refractivity contribution in [3.05, 3.63) is 58.6 Å². The molecule has 0 fully saturated rings. The number of nitrogens with one attached hydrogen (secondary N) is 1. The number of carboxylic acids is 1. The van der Waals surface area contributed by atoms with Crippen LogP contribution in [0.4, 0.5) is 5.69 Å². The minimum absolute atomic E-state index is 0.0787. The number of carboxylic acid groups (broad SMARTS) is 1. The number of amides is 1. The van der Waals surface area contributed by atoms with Crippen molar-refractivity contribution in [3.8, 4) is 5.75 Å². The highest BCUT2D eigenvalue weighted by Crippen LogP contribution is 2.20. The fourth-order valence-electron chi connectivity index (χ4n) is 1.79. The number of aromatic carboxylic acids is 1. The fraction of sp³-hybridized carbons (Fsp3) is 0.0667. The Morgan fingerprint density at radius 3 is 2.43 bits per heavy atom. The van der Waals surface area contributed by atoms with Crippen LogP contribution in [0, 0.1) is 0 Å². The summed E-state index contributed by atoms with van der Waals surface area (Å²) in [5.74, 6) is -2.07. The first-order chi connectivity index (χ1) is 9.95. The molecule has 1 amide bonds. The molecule has 0 saturated heterocycles. The van der Waals surface area contributed by atoms with Gasteiger partial charge in [-0.1, -0.05) is 35.9 Å². The molecule has 0 unspecified atom stereocenters. The molecule has 2 N–H and O–H groups in total. The van der Waals surface area contributed by atoms with Crippen LogP contribution in [0.15, 0.2) is 42.5 Å². The number of rotatable bonds is 4. The first-order valence-corrected chi connectivity index (χ1v) is 6.42. The number of halogens is 1. The van der Waals surface area contributed by atoms with Crippen molar-refractivity contribution < 1.29 is 19.8 Å². The molecule has 2 aromatic carbocycles. The van der Waals surface area contributed by atoms with Crippen LogP contribution in [0.5, 0.6) is 5.75 Å². The molecule has 6 heteroatoms. The van der Waals surface area contributed by atoms with Gasteiger partial charge in [0.05, 0.1) is 17.7 Å². The highest BCUT2D eigenvalue weighted by molar-refractivity contribution is 6.30. The van der Waals surface area contributed by atoms with Crippen LogP contribution in [-0.2, 0) is 11.2 Å². The summed E-state index contributed by atoms with van der Waals surface area (Å²) < 4.78 is 0. The quantitative estimate of drug-likeness (QED) is 0.907. The van der Waals surface area contributed by atoms with Gasteiger partial charge >= 0.3 is 5.97 Å². The number of hydrogen-bond acceptors (Lipinski definition) is 3. The number of hydrogen-bond donors (Lipinski definition) is 2. The Bertz CT molecular complexity index is 683. The van der Waals surface area contributed by atoms with Gasteiger partial charge in [-0.05, 0) is 23.8 Å². The van der Waals surface area contributed by atoms with Crippen molar-refractivity contribution in [2.45, 2.75) is 6.42 Å². The maximum absolute atomic E-state index is 11.9. The summed E-state index contributed by atoms with van der Waals surface area (Å²) in [5.41, 5.74) is 0.613. The lowest BCUT2D eigenvalue weighted by Gasteiger charge is -2.12. The van der Waals surface area contributed by atoms with Crippen molar-refractivity contribution in [1.29, 1.82) is 0 Å². The zero-order valence-corrected chi connectivity index (χ0v) is 11.6. The van der Waals surface area contributed by atoms with Crippen LogP contribution in [-0.4, -0.2) is 17.0 Å². The van der Waals surface area contributed by atoms with E-state index in [-0.39, 0.29) is 23.6 Å². The van der Waals surface area contributed by atoms with E-state index in [1.165, 1.54) is 12.1 Å². The molecule has 5 nitrogen and oxygen atoms in total. The molecule has 0 aliphatic carbocycles. The molecule has 0 atom stereocenters. The SMILES string of the molecule is O=C(Cc1ccc(Cl)cc1)Nc1ccc([O-])cc1C(=O)O. The van der Waals surface area contributed by atoms with E-state index in [9.17, 15) is 14.7 Å². The average Bonchev–Trinajstić information content (AvgIpc) is 2.43. The molecular weight excluding hydrogens is 294 g/mol. The second-order valence-corrected chi connectivity index (χ2v) is 4.80. The van der Waals surface area contributed by atoms with Gasteiger partial charge in [0.15, 0.2) is 0 Å². The second-order valence-electron chi connectivity index (χ2n) is 4.36. The number of benzene rings is 2. The summed E-state index contributed by atoms with van der Waals surface area (Å²) in [5, 5.41) is 23.2. The van der Waals surface area contributed by atoms with Gasteiger partial charge in [-0.15, -0.1) is 5.75 Å². The first kappa shape index (κ1) is 14.9. The van der Waals surface area contributed by atoms with Gasteiger partial charge in [0.25, 0.3) is 0 Å². The standard InChI is InChI=1S/C15H12ClNO4/c16-10-3-1-9(2-4-10)7-14(19)17-13-6-5-11(18)8-12(13)15(20)21/h1-6,8,18H,7H2,(H,17,19)(H,20,21)/p-1. The lowest BCUT2D eigenvalue weighted by molar-refractivity contribution is -0.268. The molecule has 0 aliphatic heterocycles. The average molecular weight is 305 g/mol. The van der Waals surface area contributed by atoms with Crippen LogP contribution >= 0.6 is 11.6 Å². The molecule has 21 heavy (non-hydrogen) atoms. The van der Waals surface area contributed by atoms with Crippen molar-refractivity contribution >= 4 is 29.2 Å². The van der Waals surface area contributed by atoms with E-state index in [1.807, 2.05) is 0 Å². The zero-order chi connectivity index (χ0) is 15.4. The Kier molecular flexibility index (Phi) is 4.45. The lowest BCUT2D eigenvalue weighted by atomic mass is 10.1. The smallest absolute Gasteiger partial charge is 0.337 e. The zero-order valence-electron chi connectivity index (χ0n) is 10.8. The molecule has 0 heterocycles. The summed E-state index contributed by atoms with van der Waals surface area (Å²) in [7, 11) is 0. The van der Waals surface area contributed by atoms with Crippen LogP contribution < -0.4 is 10.4 Å². The van der Waals surface area contributed by atoms with E-state index in [0.29, 0.717) is 5.02 Å². The molecule has 2 rings (SSSR count). The normalized spacial score (nSPS) is 10.1. The third-order valence-electron chi connectivity index (χ3n) is 2.77. The van der Waals surface area contributed by atoms with Gasteiger partial charge in [0.2, 0.25) is 5.91 Å². The van der Waals surface area contributed by atoms with Gasteiger partial charge in [0.1, 0.15) is 0 Å². The third-order valence-corrected chi connectivity index (χ3v) is 3.03. The fourth-order valence-corrected chi connectivity index (χ4v) is 1.92. The summed E-state index contributed by atoms with van der Waals surface area (Å²) >= 11 is 5.75. The lowest BCUT2D eigenvalue weighted by Crippen LogP contribution is -2.17. The van der Waals surface area contributed by atoms with Crippen LogP contribution in [0.3, 0.4) is 0 Å². The Morgan fingerprint density at radius 1 is 1.14 bits per heavy atom. The maximum Gasteiger partial charge on any atom is 0.337 e.